The van der Waals surface area contributed by atoms with Crippen molar-refractivity contribution in [2.24, 2.45) is 0 Å². The van der Waals surface area contributed by atoms with Gasteiger partial charge < -0.3 is 4.57 Å². The lowest BCUT2D eigenvalue weighted by Gasteiger charge is -2.06. The van der Waals surface area contributed by atoms with Gasteiger partial charge in [0.05, 0.1) is 17.4 Å². The first kappa shape index (κ1) is 13.1. The van der Waals surface area contributed by atoms with Gasteiger partial charge in [-0.2, -0.15) is 13.2 Å². The number of hydrogen-bond donors (Lipinski definition) is 0. The Labute approximate surface area is 103 Å². The summed E-state index contributed by atoms with van der Waals surface area (Å²) in [5, 5.41) is 0. The van der Waals surface area contributed by atoms with Crippen LogP contribution in [-0.2, 0) is 6.54 Å². The summed E-state index contributed by atoms with van der Waals surface area (Å²) < 4.78 is 63.1. The van der Waals surface area contributed by atoms with Crippen molar-refractivity contribution < 1.29 is 22.0 Å². The Morgan fingerprint density at radius 1 is 1.17 bits per heavy atom. The summed E-state index contributed by atoms with van der Waals surface area (Å²) in [5.41, 5.74) is -3.81. The lowest BCUT2D eigenvalue weighted by molar-refractivity contribution is -0.0328. The lowest BCUT2D eigenvalue weighted by Crippen LogP contribution is -2.06. The molecule has 0 aliphatic rings. The molecule has 0 unspecified atom stereocenters. The van der Waals surface area contributed by atoms with Gasteiger partial charge >= 0.3 is 5.51 Å². The van der Waals surface area contributed by atoms with E-state index < -0.39 is 17.1 Å². The third-order valence-electron chi connectivity index (χ3n) is 2.26. The highest BCUT2D eigenvalue weighted by Crippen LogP contribution is 2.30. The average molecular weight is 282 g/mol. The normalized spacial score (nSPS) is 12.3. The molecule has 0 saturated carbocycles. The zero-order valence-electron chi connectivity index (χ0n) is 8.84. The molecule has 0 aliphatic heterocycles. The Kier molecular flexibility index (Phi) is 3.47. The average Bonchev–Trinajstić information content (AvgIpc) is 2.60. The largest absolute Gasteiger partial charge is 0.441 e. The van der Waals surface area contributed by atoms with E-state index in [1.165, 1.54) is 10.9 Å². The van der Waals surface area contributed by atoms with E-state index in [2.05, 4.69) is 4.98 Å². The Morgan fingerprint density at radius 2 is 1.83 bits per heavy atom. The van der Waals surface area contributed by atoms with E-state index in [-0.39, 0.29) is 35.1 Å². The highest BCUT2D eigenvalue weighted by Gasteiger charge is 2.27. The molecule has 1 heterocycles. The van der Waals surface area contributed by atoms with Crippen LogP contribution < -0.4 is 0 Å². The molecule has 2 aromatic rings. The van der Waals surface area contributed by atoms with Crippen molar-refractivity contribution in [2.45, 2.75) is 12.1 Å². The highest BCUT2D eigenvalue weighted by atomic mass is 32.2. The number of benzene rings is 1. The van der Waals surface area contributed by atoms with Gasteiger partial charge in [0.25, 0.3) is 0 Å². The van der Waals surface area contributed by atoms with E-state index in [1.807, 2.05) is 0 Å². The van der Waals surface area contributed by atoms with E-state index in [0.29, 0.717) is 0 Å². The van der Waals surface area contributed by atoms with Gasteiger partial charge in [-0.25, -0.2) is 13.8 Å². The molecule has 2 rings (SSSR count). The van der Waals surface area contributed by atoms with E-state index in [9.17, 15) is 22.0 Å². The van der Waals surface area contributed by atoms with Gasteiger partial charge in [0.1, 0.15) is 0 Å². The summed E-state index contributed by atoms with van der Waals surface area (Å²) in [7, 11) is 0. The second kappa shape index (κ2) is 4.75. The Morgan fingerprint density at radius 3 is 2.50 bits per heavy atom. The second-order valence-corrected chi connectivity index (χ2v) is 4.65. The van der Waals surface area contributed by atoms with Gasteiger partial charge in [-0.05, 0) is 11.8 Å². The van der Waals surface area contributed by atoms with Crippen LogP contribution in [0.2, 0.25) is 0 Å². The van der Waals surface area contributed by atoms with Crippen LogP contribution in [0.4, 0.5) is 22.0 Å². The molecule has 0 fully saturated rings. The van der Waals surface area contributed by atoms with Gasteiger partial charge in [0, 0.05) is 24.4 Å². The number of hydrogen-bond acceptors (Lipinski definition) is 2. The van der Waals surface area contributed by atoms with E-state index in [1.54, 1.807) is 0 Å². The van der Waals surface area contributed by atoms with Crippen LogP contribution in [-0.4, -0.2) is 20.8 Å². The number of thioether (sulfide) groups is 1. The zero-order chi connectivity index (χ0) is 13.3. The fourth-order valence-corrected chi connectivity index (χ4v) is 2.01. The lowest BCUT2D eigenvalue weighted by atomic mass is 10.3. The maximum absolute atomic E-state index is 13.0. The first-order chi connectivity index (χ1) is 8.37. The molecule has 98 valence electrons. The number of halogens is 5. The van der Waals surface area contributed by atoms with Crippen LogP contribution >= 0.6 is 11.8 Å². The summed E-state index contributed by atoms with van der Waals surface area (Å²) in [6, 6.07) is 1.84. The van der Waals surface area contributed by atoms with Crippen LogP contribution in [0.15, 0.2) is 18.5 Å². The van der Waals surface area contributed by atoms with Crippen LogP contribution in [0.5, 0.6) is 0 Å². The molecule has 0 saturated heterocycles. The third kappa shape index (κ3) is 2.92. The molecular formula is C10H7F5N2S. The number of aryl methyl sites for hydroxylation is 1. The van der Waals surface area contributed by atoms with E-state index >= 15 is 0 Å². The summed E-state index contributed by atoms with van der Waals surface area (Å²) in [4.78, 5) is 3.80. The quantitative estimate of drug-likeness (QED) is 0.801. The van der Waals surface area contributed by atoms with Crippen molar-refractivity contribution in [3.8, 4) is 0 Å². The van der Waals surface area contributed by atoms with Gasteiger partial charge in [0.15, 0.2) is 11.6 Å². The van der Waals surface area contributed by atoms with Crippen molar-refractivity contribution in [1.82, 2.24) is 9.55 Å². The molecule has 2 nitrogen and oxygen atoms in total. The van der Waals surface area contributed by atoms with Crippen molar-refractivity contribution >= 4 is 22.8 Å². The van der Waals surface area contributed by atoms with E-state index in [4.69, 9.17) is 0 Å². The first-order valence-electron chi connectivity index (χ1n) is 4.87. The van der Waals surface area contributed by atoms with Crippen molar-refractivity contribution in [1.29, 1.82) is 0 Å². The molecule has 1 aromatic carbocycles. The standard InChI is InChI=1S/C10H7F5N2S/c11-6-3-8-9(4-7(6)12)17(5-16-8)1-2-18-10(13,14)15/h3-5H,1-2H2. The highest BCUT2D eigenvalue weighted by molar-refractivity contribution is 8.00. The van der Waals surface area contributed by atoms with E-state index in [0.717, 1.165) is 12.1 Å². The maximum atomic E-state index is 13.0. The van der Waals surface area contributed by atoms with Crippen molar-refractivity contribution in [2.75, 3.05) is 5.75 Å². The van der Waals surface area contributed by atoms with Gasteiger partial charge in [-0.15, -0.1) is 0 Å². The predicted molar refractivity (Wildman–Crippen MR) is 58.2 cm³/mol. The summed E-state index contributed by atoms with van der Waals surface area (Å²) in [6.45, 7) is 0.0196. The molecule has 1 aromatic heterocycles. The SMILES string of the molecule is Fc1cc2ncn(CCSC(F)(F)F)c2cc1F. The van der Waals surface area contributed by atoms with Gasteiger partial charge in [-0.3, -0.25) is 0 Å². The number of aromatic nitrogens is 2. The molecular weight excluding hydrogens is 275 g/mol. The topological polar surface area (TPSA) is 17.8 Å². The first-order valence-corrected chi connectivity index (χ1v) is 5.86. The van der Waals surface area contributed by atoms with Crippen LogP contribution in [0.3, 0.4) is 0 Å². The fraction of sp³-hybridized carbons (Fsp3) is 0.300. The zero-order valence-corrected chi connectivity index (χ0v) is 9.66. The third-order valence-corrected chi connectivity index (χ3v) is 2.98. The van der Waals surface area contributed by atoms with Crippen molar-refractivity contribution in [3.05, 3.63) is 30.1 Å². The van der Waals surface area contributed by atoms with Crippen LogP contribution in [0.1, 0.15) is 0 Å². The monoisotopic (exact) mass is 282 g/mol. The molecule has 18 heavy (non-hydrogen) atoms. The summed E-state index contributed by atoms with van der Waals surface area (Å²) >= 11 is -0.169. The summed E-state index contributed by atoms with van der Waals surface area (Å²) in [6.07, 6.45) is 1.26. The molecule has 0 bridgehead atoms. The summed E-state index contributed by atoms with van der Waals surface area (Å²) in [5.74, 6) is -2.29. The number of nitrogens with zero attached hydrogens (tertiary/aromatic N) is 2. The molecule has 0 spiro atoms. The predicted octanol–water partition coefficient (Wildman–Crippen LogP) is 3.57. The molecule has 0 atom stereocenters. The molecule has 0 aliphatic carbocycles. The smallest absolute Gasteiger partial charge is 0.330 e. The minimum Gasteiger partial charge on any atom is -0.330 e. The van der Waals surface area contributed by atoms with Gasteiger partial charge in [-0.1, -0.05) is 0 Å². The fourth-order valence-electron chi connectivity index (χ4n) is 1.49. The molecule has 8 heteroatoms. The minimum atomic E-state index is -4.30. The second-order valence-electron chi connectivity index (χ2n) is 3.49. The van der Waals surface area contributed by atoms with Crippen molar-refractivity contribution in [3.63, 3.8) is 0 Å². The molecule has 0 amide bonds. The number of fused-ring (bicyclic) bond motifs is 1. The Balaban J connectivity index is 2.17. The Hall–Kier alpha value is -1.31. The minimum absolute atomic E-state index is 0.0196. The van der Waals surface area contributed by atoms with Crippen LogP contribution in [0, 0.1) is 11.6 Å². The maximum Gasteiger partial charge on any atom is 0.441 e. The van der Waals surface area contributed by atoms with Crippen LogP contribution in [0.25, 0.3) is 11.0 Å². The number of rotatable bonds is 3. The molecule has 0 radical (unpaired) electrons. The van der Waals surface area contributed by atoms with Gasteiger partial charge in [0.2, 0.25) is 0 Å². The number of imidazole rings is 1. The molecule has 0 N–H and O–H groups in total. The Bertz CT molecular complexity index is 563. The number of alkyl halides is 3.